The van der Waals surface area contributed by atoms with Crippen LogP contribution in [0.5, 0.6) is 0 Å². The van der Waals surface area contributed by atoms with E-state index >= 15 is 0 Å². The molecule has 0 atom stereocenters. The van der Waals surface area contributed by atoms with Crippen LogP contribution in [0.1, 0.15) is 6.92 Å². The lowest BCUT2D eigenvalue weighted by Gasteiger charge is -2.08. The van der Waals surface area contributed by atoms with E-state index in [0.717, 1.165) is 23.6 Å². The van der Waals surface area contributed by atoms with Gasteiger partial charge in [-0.2, -0.15) is 5.10 Å². The van der Waals surface area contributed by atoms with E-state index in [4.69, 9.17) is 0 Å². The summed E-state index contributed by atoms with van der Waals surface area (Å²) in [5.41, 5.74) is 5.48. The Hall–Kier alpha value is -3.40. The molecule has 0 saturated carbocycles. The maximum atomic E-state index is 4.55. The molecule has 5 rings (SSSR count). The molecule has 3 aromatic heterocycles. The fourth-order valence-electron chi connectivity index (χ4n) is 3.73. The van der Waals surface area contributed by atoms with Crippen LogP contribution in [0.15, 0.2) is 79.1 Å². The van der Waals surface area contributed by atoms with Crippen molar-refractivity contribution in [2.24, 2.45) is 0 Å². The Morgan fingerprint density at radius 2 is 1.65 bits per heavy atom. The van der Waals surface area contributed by atoms with Crippen molar-refractivity contribution in [3.05, 3.63) is 79.1 Å². The summed E-state index contributed by atoms with van der Waals surface area (Å²) in [4.78, 5) is 4.47. The molecule has 0 aliphatic carbocycles. The summed E-state index contributed by atoms with van der Waals surface area (Å²) < 4.78 is 4.32. The zero-order valence-corrected chi connectivity index (χ0v) is 14.5. The fraction of sp³-hybridized carbons (Fsp3) is 0.0909. The largest absolute Gasteiger partial charge is 0.341 e. The number of rotatable bonds is 3. The highest BCUT2D eigenvalue weighted by Gasteiger charge is 2.13. The number of hydrogen-bond acceptors (Lipinski definition) is 2. The van der Waals surface area contributed by atoms with Crippen LogP contribution >= 0.6 is 0 Å². The summed E-state index contributed by atoms with van der Waals surface area (Å²) in [5, 5.41) is 7.07. The maximum absolute atomic E-state index is 4.55. The highest BCUT2D eigenvalue weighted by Crippen LogP contribution is 2.31. The lowest BCUT2D eigenvalue weighted by atomic mass is 10.1. The Labute approximate surface area is 151 Å². The summed E-state index contributed by atoms with van der Waals surface area (Å²) in [7, 11) is 0. The molecule has 0 aliphatic rings. The van der Waals surface area contributed by atoms with Gasteiger partial charge in [0, 0.05) is 34.5 Å². The van der Waals surface area contributed by atoms with Gasteiger partial charge in [-0.15, -0.1) is 0 Å². The van der Waals surface area contributed by atoms with Crippen LogP contribution < -0.4 is 0 Å². The first-order valence-corrected chi connectivity index (χ1v) is 8.83. The van der Waals surface area contributed by atoms with Gasteiger partial charge in [0.15, 0.2) is 0 Å². The van der Waals surface area contributed by atoms with E-state index in [9.17, 15) is 0 Å². The molecule has 0 spiro atoms. The molecule has 2 aromatic carbocycles. The molecule has 126 valence electrons. The molecule has 0 radical (unpaired) electrons. The van der Waals surface area contributed by atoms with E-state index in [2.05, 4.69) is 64.0 Å². The third kappa shape index (κ3) is 2.15. The molecule has 0 fully saturated rings. The lowest BCUT2D eigenvalue weighted by molar-refractivity contribution is 0.826. The quantitative estimate of drug-likeness (QED) is 0.461. The van der Waals surface area contributed by atoms with Gasteiger partial charge in [-0.05, 0) is 49.4 Å². The average molecular weight is 338 g/mol. The Morgan fingerprint density at radius 3 is 2.50 bits per heavy atom. The molecule has 0 saturated heterocycles. The van der Waals surface area contributed by atoms with Gasteiger partial charge >= 0.3 is 0 Å². The number of benzene rings is 2. The van der Waals surface area contributed by atoms with E-state index in [1.165, 1.54) is 21.8 Å². The van der Waals surface area contributed by atoms with E-state index in [1.807, 2.05) is 41.3 Å². The predicted octanol–water partition coefficient (Wildman–Crippen LogP) is 5.06. The van der Waals surface area contributed by atoms with Gasteiger partial charge in [0.25, 0.3) is 0 Å². The van der Waals surface area contributed by atoms with Crippen molar-refractivity contribution in [1.82, 2.24) is 19.3 Å². The summed E-state index contributed by atoms with van der Waals surface area (Å²) in [6.07, 6.45) is 3.63. The van der Waals surface area contributed by atoms with Crippen molar-refractivity contribution < 1.29 is 0 Å². The Kier molecular flexibility index (Phi) is 3.35. The number of fused-ring (bicyclic) bond motifs is 3. The van der Waals surface area contributed by atoms with Crippen LogP contribution in [-0.2, 0) is 6.54 Å². The minimum atomic E-state index is 0.918. The molecular weight excluding hydrogens is 320 g/mol. The van der Waals surface area contributed by atoms with Crippen molar-refractivity contribution in [1.29, 1.82) is 0 Å². The zero-order chi connectivity index (χ0) is 17.5. The number of aryl methyl sites for hydroxylation is 1. The van der Waals surface area contributed by atoms with Crippen LogP contribution in [0, 0.1) is 0 Å². The monoisotopic (exact) mass is 338 g/mol. The molecular formula is C22H18N4. The van der Waals surface area contributed by atoms with Crippen molar-refractivity contribution in [2.45, 2.75) is 13.5 Å². The standard InChI is InChI=1S/C22H18N4/c1-2-25-20-9-4-3-7-17(20)18-15-16(10-11-21(18)25)26-22(12-14-24-26)19-8-5-6-13-23-19/h3-15H,2H2,1H3. The van der Waals surface area contributed by atoms with Crippen LogP contribution in [-0.4, -0.2) is 19.3 Å². The van der Waals surface area contributed by atoms with Gasteiger partial charge in [-0.1, -0.05) is 24.3 Å². The van der Waals surface area contributed by atoms with E-state index in [1.54, 1.807) is 0 Å². The summed E-state index contributed by atoms with van der Waals surface area (Å²) >= 11 is 0. The normalized spacial score (nSPS) is 11.4. The molecule has 0 unspecified atom stereocenters. The van der Waals surface area contributed by atoms with Crippen LogP contribution in [0.3, 0.4) is 0 Å². The molecule has 0 amide bonds. The first kappa shape index (κ1) is 14.9. The zero-order valence-electron chi connectivity index (χ0n) is 14.5. The predicted molar refractivity (Wildman–Crippen MR) is 105 cm³/mol. The first-order chi connectivity index (χ1) is 12.9. The molecule has 26 heavy (non-hydrogen) atoms. The Balaban J connectivity index is 1.75. The highest BCUT2D eigenvalue weighted by molar-refractivity contribution is 6.08. The third-order valence-corrected chi connectivity index (χ3v) is 4.89. The summed E-state index contributed by atoms with van der Waals surface area (Å²) in [5.74, 6) is 0. The molecule has 0 bridgehead atoms. The van der Waals surface area contributed by atoms with Gasteiger partial charge in [0.1, 0.15) is 0 Å². The lowest BCUT2D eigenvalue weighted by Crippen LogP contribution is -2.00. The van der Waals surface area contributed by atoms with Crippen LogP contribution in [0.4, 0.5) is 0 Å². The molecule has 3 heterocycles. The highest BCUT2D eigenvalue weighted by atomic mass is 15.3. The molecule has 4 nitrogen and oxygen atoms in total. The number of nitrogens with zero attached hydrogens (tertiary/aromatic N) is 4. The number of pyridine rings is 1. The van der Waals surface area contributed by atoms with Gasteiger partial charge < -0.3 is 4.57 Å². The van der Waals surface area contributed by atoms with E-state index in [0.29, 0.717) is 0 Å². The topological polar surface area (TPSA) is 35.6 Å². The SMILES string of the molecule is CCn1c2ccccc2c2cc(-n3nccc3-c3ccccn3)ccc21. The van der Waals surface area contributed by atoms with Gasteiger partial charge in [-0.3, -0.25) is 4.98 Å². The Bertz CT molecular complexity index is 1220. The number of hydrogen-bond donors (Lipinski definition) is 0. The molecule has 4 heteroatoms. The van der Waals surface area contributed by atoms with Crippen molar-refractivity contribution in [3.63, 3.8) is 0 Å². The van der Waals surface area contributed by atoms with Crippen molar-refractivity contribution >= 4 is 21.8 Å². The molecule has 5 aromatic rings. The van der Waals surface area contributed by atoms with Crippen molar-refractivity contribution in [2.75, 3.05) is 0 Å². The fourth-order valence-corrected chi connectivity index (χ4v) is 3.73. The van der Waals surface area contributed by atoms with Crippen LogP contribution in [0.25, 0.3) is 38.9 Å². The minimum absolute atomic E-state index is 0.918. The second kappa shape index (κ2) is 5.85. The molecule has 0 N–H and O–H groups in total. The number of para-hydroxylation sites is 1. The van der Waals surface area contributed by atoms with Gasteiger partial charge in [-0.25, -0.2) is 4.68 Å². The summed E-state index contributed by atoms with van der Waals surface area (Å²) in [6.45, 7) is 3.14. The average Bonchev–Trinajstić information content (AvgIpc) is 3.31. The first-order valence-electron chi connectivity index (χ1n) is 8.83. The molecule has 0 aliphatic heterocycles. The van der Waals surface area contributed by atoms with Gasteiger partial charge in [0.05, 0.1) is 23.3 Å². The smallest absolute Gasteiger partial charge is 0.0925 e. The van der Waals surface area contributed by atoms with E-state index in [-0.39, 0.29) is 0 Å². The second-order valence-electron chi connectivity index (χ2n) is 6.31. The Morgan fingerprint density at radius 1 is 0.808 bits per heavy atom. The third-order valence-electron chi connectivity index (χ3n) is 4.89. The summed E-state index contributed by atoms with van der Waals surface area (Å²) in [6, 6.07) is 23.1. The minimum Gasteiger partial charge on any atom is -0.341 e. The van der Waals surface area contributed by atoms with Crippen LogP contribution in [0.2, 0.25) is 0 Å². The second-order valence-corrected chi connectivity index (χ2v) is 6.31. The van der Waals surface area contributed by atoms with Gasteiger partial charge in [0.2, 0.25) is 0 Å². The van der Waals surface area contributed by atoms with Crippen molar-refractivity contribution in [3.8, 4) is 17.1 Å². The maximum Gasteiger partial charge on any atom is 0.0925 e. The number of aromatic nitrogens is 4. The van der Waals surface area contributed by atoms with E-state index < -0.39 is 0 Å².